The number of nitrogens with one attached hydrogen (secondary N) is 1. The molecule has 18 heavy (non-hydrogen) atoms. The van der Waals surface area contributed by atoms with Crippen LogP contribution in [0.25, 0.3) is 0 Å². The molecular weight excluding hydrogens is 246 g/mol. The number of anilines is 2. The summed E-state index contributed by atoms with van der Waals surface area (Å²) in [5, 5.41) is 3.78. The fourth-order valence-corrected chi connectivity index (χ4v) is 2.37. The van der Waals surface area contributed by atoms with E-state index in [1.165, 1.54) is 11.3 Å². The Morgan fingerprint density at radius 3 is 2.67 bits per heavy atom. The van der Waals surface area contributed by atoms with Crippen LogP contribution in [0.4, 0.5) is 11.4 Å². The summed E-state index contributed by atoms with van der Waals surface area (Å²) in [6.45, 7) is 5.72. The van der Waals surface area contributed by atoms with Gasteiger partial charge in [-0.25, -0.2) is 4.98 Å². The van der Waals surface area contributed by atoms with Gasteiger partial charge in [-0.05, 0) is 38.0 Å². The third kappa shape index (κ3) is 2.36. The van der Waals surface area contributed by atoms with Crippen LogP contribution in [0, 0.1) is 20.8 Å². The Morgan fingerprint density at radius 2 is 2.06 bits per heavy atom. The van der Waals surface area contributed by atoms with Crippen LogP contribution in [0.1, 0.15) is 25.8 Å². The fraction of sp³-hybridized carbons (Fsp3) is 0.231. The monoisotopic (exact) mass is 261 g/mol. The van der Waals surface area contributed by atoms with Gasteiger partial charge in [0.2, 0.25) is 0 Å². The SMILES string of the molecule is Cc1ncc(C(=O)Nc2c(C)ccc(N)c2C)s1. The standard InChI is InChI=1S/C13H15N3OS/c1-7-4-5-10(14)8(2)12(7)16-13(17)11-6-15-9(3)18-11/h4-6H,14H2,1-3H3,(H,16,17). The van der Waals surface area contributed by atoms with Crippen molar-refractivity contribution in [2.24, 2.45) is 0 Å². The van der Waals surface area contributed by atoms with E-state index in [4.69, 9.17) is 5.73 Å². The number of carbonyl (C=O) groups excluding carboxylic acids is 1. The maximum atomic E-state index is 12.1. The lowest BCUT2D eigenvalue weighted by Gasteiger charge is -2.12. The summed E-state index contributed by atoms with van der Waals surface area (Å²) in [5.41, 5.74) is 9.20. The zero-order valence-corrected chi connectivity index (χ0v) is 11.4. The Labute approximate surface area is 110 Å². The molecule has 5 heteroatoms. The summed E-state index contributed by atoms with van der Waals surface area (Å²) < 4.78 is 0. The number of thiazole rings is 1. The molecule has 0 spiro atoms. The molecule has 0 unspecified atom stereocenters. The first-order valence-corrected chi connectivity index (χ1v) is 6.40. The number of hydrogen-bond acceptors (Lipinski definition) is 4. The minimum absolute atomic E-state index is 0.141. The van der Waals surface area contributed by atoms with Gasteiger partial charge in [0.25, 0.3) is 5.91 Å². The smallest absolute Gasteiger partial charge is 0.267 e. The molecule has 4 nitrogen and oxygen atoms in total. The lowest BCUT2D eigenvalue weighted by molar-refractivity contribution is 0.103. The summed E-state index contributed by atoms with van der Waals surface area (Å²) >= 11 is 1.38. The van der Waals surface area contributed by atoms with Gasteiger partial charge in [-0.3, -0.25) is 4.79 Å². The zero-order valence-electron chi connectivity index (χ0n) is 10.6. The van der Waals surface area contributed by atoms with Gasteiger partial charge in [0.05, 0.1) is 11.2 Å². The number of amides is 1. The molecule has 0 bridgehead atoms. The number of carbonyl (C=O) groups is 1. The quantitative estimate of drug-likeness (QED) is 0.817. The molecule has 3 N–H and O–H groups in total. The number of hydrogen-bond donors (Lipinski definition) is 2. The molecule has 1 heterocycles. The number of aromatic nitrogens is 1. The van der Waals surface area contributed by atoms with Crippen LogP contribution in [-0.2, 0) is 0 Å². The maximum Gasteiger partial charge on any atom is 0.267 e. The average molecular weight is 261 g/mol. The predicted molar refractivity (Wildman–Crippen MR) is 75.1 cm³/mol. The number of nitrogen functional groups attached to an aromatic ring is 1. The molecule has 0 aliphatic heterocycles. The second kappa shape index (κ2) is 4.78. The third-order valence-electron chi connectivity index (χ3n) is 2.80. The molecule has 1 amide bonds. The van der Waals surface area contributed by atoms with E-state index in [1.807, 2.05) is 32.9 Å². The molecule has 0 saturated carbocycles. The molecule has 0 aliphatic carbocycles. The van der Waals surface area contributed by atoms with Gasteiger partial charge < -0.3 is 11.1 Å². The second-order valence-corrected chi connectivity index (χ2v) is 5.40. The van der Waals surface area contributed by atoms with Crippen LogP contribution in [0.15, 0.2) is 18.3 Å². The third-order valence-corrected chi connectivity index (χ3v) is 3.71. The van der Waals surface area contributed by atoms with E-state index in [0.717, 1.165) is 21.8 Å². The molecule has 0 aliphatic rings. The lowest BCUT2D eigenvalue weighted by atomic mass is 10.1. The minimum Gasteiger partial charge on any atom is -0.398 e. The van der Waals surface area contributed by atoms with Crippen LogP contribution in [-0.4, -0.2) is 10.9 Å². The highest BCUT2D eigenvalue weighted by molar-refractivity contribution is 7.13. The van der Waals surface area contributed by atoms with Crippen LogP contribution in [0.5, 0.6) is 0 Å². The van der Waals surface area contributed by atoms with E-state index < -0.39 is 0 Å². The molecule has 0 saturated heterocycles. The van der Waals surface area contributed by atoms with Crippen LogP contribution < -0.4 is 11.1 Å². The van der Waals surface area contributed by atoms with E-state index in [0.29, 0.717) is 10.6 Å². The van der Waals surface area contributed by atoms with Gasteiger partial charge in [0.15, 0.2) is 0 Å². The van der Waals surface area contributed by atoms with Gasteiger partial charge in [-0.2, -0.15) is 0 Å². The molecule has 2 rings (SSSR count). The van der Waals surface area contributed by atoms with Crippen molar-refractivity contribution in [3.63, 3.8) is 0 Å². The molecule has 0 radical (unpaired) electrons. The largest absolute Gasteiger partial charge is 0.398 e. The first-order chi connectivity index (χ1) is 8.49. The summed E-state index contributed by atoms with van der Waals surface area (Å²) in [6.07, 6.45) is 1.59. The van der Waals surface area contributed by atoms with Gasteiger partial charge in [0, 0.05) is 11.4 Å². The van der Waals surface area contributed by atoms with Crippen molar-refractivity contribution in [3.8, 4) is 0 Å². The van der Waals surface area contributed by atoms with Crippen molar-refractivity contribution in [1.82, 2.24) is 4.98 Å². The first kappa shape index (κ1) is 12.6. The average Bonchev–Trinajstić information content (AvgIpc) is 2.76. The Balaban J connectivity index is 2.30. The highest BCUT2D eigenvalue weighted by atomic mass is 32.1. The summed E-state index contributed by atoms with van der Waals surface area (Å²) in [7, 11) is 0. The zero-order chi connectivity index (χ0) is 13.3. The van der Waals surface area contributed by atoms with Crippen molar-refractivity contribution in [3.05, 3.63) is 39.3 Å². The van der Waals surface area contributed by atoms with E-state index in [9.17, 15) is 4.79 Å². The van der Waals surface area contributed by atoms with Crippen LogP contribution >= 0.6 is 11.3 Å². The lowest BCUT2D eigenvalue weighted by Crippen LogP contribution is -2.13. The molecule has 1 aromatic carbocycles. The van der Waals surface area contributed by atoms with Crippen molar-refractivity contribution < 1.29 is 4.79 Å². The summed E-state index contributed by atoms with van der Waals surface area (Å²) in [5.74, 6) is -0.141. The Bertz CT molecular complexity index is 604. The molecule has 2 aromatic rings. The minimum atomic E-state index is -0.141. The first-order valence-electron chi connectivity index (χ1n) is 5.58. The highest BCUT2D eigenvalue weighted by Crippen LogP contribution is 2.26. The Hall–Kier alpha value is -1.88. The highest BCUT2D eigenvalue weighted by Gasteiger charge is 2.13. The topological polar surface area (TPSA) is 68.0 Å². The number of benzene rings is 1. The second-order valence-electron chi connectivity index (χ2n) is 4.17. The predicted octanol–water partition coefficient (Wildman–Crippen LogP) is 2.90. The van der Waals surface area contributed by atoms with Gasteiger partial charge in [-0.15, -0.1) is 11.3 Å². The van der Waals surface area contributed by atoms with Crippen LogP contribution in [0.3, 0.4) is 0 Å². The van der Waals surface area contributed by atoms with E-state index >= 15 is 0 Å². The molecule has 0 atom stereocenters. The van der Waals surface area contributed by atoms with E-state index in [-0.39, 0.29) is 5.91 Å². The number of nitrogens with zero attached hydrogens (tertiary/aromatic N) is 1. The molecular formula is C13H15N3OS. The van der Waals surface area contributed by atoms with Crippen molar-refractivity contribution in [2.45, 2.75) is 20.8 Å². The van der Waals surface area contributed by atoms with Crippen LogP contribution in [0.2, 0.25) is 0 Å². The Kier molecular flexibility index (Phi) is 3.34. The molecule has 0 fully saturated rings. The summed E-state index contributed by atoms with van der Waals surface area (Å²) in [6, 6.07) is 3.74. The number of aryl methyl sites for hydroxylation is 2. The van der Waals surface area contributed by atoms with E-state index in [2.05, 4.69) is 10.3 Å². The number of rotatable bonds is 2. The normalized spacial score (nSPS) is 10.4. The van der Waals surface area contributed by atoms with Gasteiger partial charge in [-0.1, -0.05) is 6.07 Å². The van der Waals surface area contributed by atoms with Gasteiger partial charge in [0.1, 0.15) is 4.88 Å². The van der Waals surface area contributed by atoms with E-state index in [1.54, 1.807) is 6.20 Å². The van der Waals surface area contributed by atoms with Crippen molar-refractivity contribution >= 4 is 28.6 Å². The molecule has 1 aromatic heterocycles. The maximum absolute atomic E-state index is 12.1. The fourth-order valence-electron chi connectivity index (χ4n) is 1.70. The van der Waals surface area contributed by atoms with Crippen molar-refractivity contribution in [2.75, 3.05) is 11.1 Å². The van der Waals surface area contributed by atoms with Gasteiger partial charge >= 0.3 is 0 Å². The molecule has 94 valence electrons. The Morgan fingerprint density at radius 1 is 1.33 bits per heavy atom. The van der Waals surface area contributed by atoms with Crippen molar-refractivity contribution in [1.29, 1.82) is 0 Å². The number of nitrogens with two attached hydrogens (primary N) is 1. The summed E-state index contributed by atoms with van der Waals surface area (Å²) in [4.78, 5) is 16.7.